The molecule has 7 nitrogen and oxygen atoms in total. The van der Waals surface area contributed by atoms with Crippen LogP contribution in [0.25, 0.3) is 0 Å². The molecule has 1 aliphatic rings. The molecule has 140 valence electrons. The molecule has 1 saturated carbocycles. The number of nitrogens with one attached hydrogen (secondary N) is 1. The summed E-state index contributed by atoms with van der Waals surface area (Å²) < 4.78 is 12.9. The molecule has 3 rings (SSSR count). The molecule has 26 heavy (non-hydrogen) atoms. The SMILES string of the molecule is CCCn1ccc(OC2CC(c3cc([C@H](C)NC(C)=O)on3)C2)cc1=O. The van der Waals surface area contributed by atoms with Gasteiger partial charge in [-0.05, 0) is 32.3 Å². The molecule has 0 unspecified atom stereocenters. The van der Waals surface area contributed by atoms with Gasteiger partial charge in [-0.2, -0.15) is 0 Å². The summed E-state index contributed by atoms with van der Waals surface area (Å²) in [4.78, 5) is 23.1. The number of rotatable bonds is 7. The molecule has 7 heteroatoms. The van der Waals surface area contributed by atoms with Crippen molar-refractivity contribution in [2.24, 2.45) is 0 Å². The molecule has 1 N–H and O–H groups in total. The van der Waals surface area contributed by atoms with Crippen LogP contribution in [-0.4, -0.2) is 21.7 Å². The highest BCUT2D eigenvalue weighted by molar-refractivity contribution is 5.73. The summed E-state index contributed by atoms with van der Waals surface area (Å²) in [6, 6.07) is 5.09. The largest absolute Gasteiger partial charge is 0.490 e. The Balaban J connectivity index is 1.53. The molecular formula is C19H25N3O4. The Morgan fingerprint density at radius 3 is 2.88 bits per heavy atom. The summed E-state index contributed by atoms with van der Waals surface area (Å²) in [5, 5.41) is 6.90. The third-order valence-electron chi connectivity index (χ3n) is 4.64. The highest BCUT2D eigenvalue weighted by Gasteiger charge is 2.34. The van der Waals surface area contributed by atoms with Gasteiger partial charge in [-0.15, -0.1) is 0 Å². The first-order valence-corrected chi connectivity index (χ1v) is 9.07. The zero-order chi connectivity index (χ0) is 18.7. The van der Waals surface area contributed by atoms with Crippen LogP contribution in [0.15, 0.2) is 33.7 Å². The quantitative estimate of drug-likeness (QED) is 0.821. The Morgan fingerprint density at radius 1 is 1.46 bits per heavy atom. The number of amides is 1. The van der Waals surface area contributed by atoms with Crippen LogP contribution in [0.5, 0.6) is 5.75 Å². The van der Waals surface area contributed by atoms with Crippen molar-refractivity contribution in [2.45, 2.75) is 64.6 Å². The minimum Gasteiger partial charge on any atom is -0.490 e. The average molecular weight is 359 g/mol. The van der Waals surface area contributed by atoms with Crippen LogP contribution in [0.3, 0.4) is 0 Å². The molecule has 2 aromatic heterocycles. The Bertz CT molecular complexity index is 820. The predicted molar refractivity (Wildman–Crippen MR) is 96.1 cm³/mol. The van der Waals surface area contributed by atoms with E-state index >= 15 is 0 Å². The monoisotopic (exact) mass is 359 g/mol. The number of pyridine rings is 1. The van der Waals surface area contributed by atoms with E-state index in [1.165, 1.54) is 6.92 Å². The van der Waals surface area contributed by atoms with Gasteiger partial charge in [0.2, 0.25) is 5.91 Å². The van der Waals surface area contributed by atoms with Gasteiger partial charge >= 0.3 is 0 Å². The van der Waals surface area contributed by atoms with Gasteiger partial charge in [-0.25, -0.2) is 0 Å². The number of ether oxygens (including phenoxy) is 1. The molecule has 0 radical (unpaired) electrons. The fraction of sp³-hybridized carbons (Fsp3) is 0.526. The molecule has 1 atom stereocenters. The van der Waals surface area contributed by atoms with Gasteiger partial charge in [0.1, 0.15) is 5.75 Å². The maximum atomic E-state index is 12.0. The van der Waals surface area contributed by atoms with Gasteiger partial charge < -0.3 is 19.1 Å². The Kier molecular flexibility index (Phi) is 5.44. The highest BCUT2D eigenvalue weighted by Crippen LogP contribution is 2.39. The second-order valence-electron chi connectivity index (χ2n) is 6.88. The fourth-order valence-corrected chi connectivity index (χ4v) is 3.16. The van der Waals surface area contributed by atoms with Gasteiger partial charge in [-0.1, -0.05) is 12.1 Å². The third kappa shape index (κ3) is 4.15. The van der Waals surface area contributed by atoms with E-state index in [1.54, 1.807) is 16.8 Å². The molecule has 1 fully saturated rings. The molecule has 1 aliphatic carbocycles. The minimum atomic E-state index is -0.199. The zero-order valence-corrected chi connectivity index (χ0v) is 15.4. The van der Waals surface area contributed by atoms with Gasteiger partial charge in [0.15, 0.2) is 5.76 Å². The summed E-state index contributed by atoms with van der Waals surface area (Å²) in [7, 11) is 0. The summed E-state index contributed by atoms with van der Waals surface area (Å²) in [6.07, 6.45) is 4.45. The summed E-state index contributed by atoms with van der Waals surface area (Å²) in [5.41, 5.74) is 0.851. The van der Waals surface area contributed by atoms with Crippen LogP contribution in [0.4, 0.5) is 0 Å². The zero-order valence-electron chi connectivity index (χ0n) is 15.4. The first-order valence-electron chi connectivity index (χ1n) is 9.07. The molecule has 2 heterocycles. The van der Waals surface area contributed by atoms with Gasteiger partial charge in [0.25, 0.3) is 5.56 Å². The van der Waals surface area contributed by atoms with Crippen LogP contribution < -0.4 is 15.6 Å². The van der Waals surface area contributed by atoms with Crippen molar-refractivity contribution in [1.29, 1.82) is 0 Å². The summed E-state index contributed by atoms with van der Waals surface area (Å²) in [5.74, 6) is 1.45. The van der Waals surface area contributed by atoms with Crippen LogP contribution in [0.2, 0.25) is 0 Å². The van der Waals surface area contributed by atoms with E-state index in [0.29, 0.717) is 11.5 Å². The lowest BCUT2D eigenvalue weighted by molar-refractivity contribution is -0.119. The topological polar surface area (TPSA) is 86.4 Å². The highest BCUT2D eigenvalue weighted by atomic mass is 16.5. The van der Waals surface area contributed by atoms with Crippen LogP contribution >= 0.6 is 0 Å². The molecule has 2 aromatic rings. The molecule has 0 spiro atoms. The third-order valence-corrected chi connectivity index (χ3v) is 4.64. The van der Waals surface area contributed by atoms with Crippen molar-refractivity contribution in [3.8, 4) is 5.75 Å². The lowest BCUT2D eigenvalue weighted by Gasteiger charge is -2.34. The number of nitrogens with zero attached hydrogens (tertiary/aromatic N) is 2. The first kappa shape index (κ1) is 18.2. The normalized spacial score (nSPS) is 20.3. The molecule has 0 aliphatic heterocycles. The molecule has 0 saturated heterocycles. The number of aromatic nitrogens is 2. The van der Waals surface area contributed by atoms with E-state index in [0.717, 1.165) is 31.5 Å². The van der Waals surface area contributed by atoms with Crippen LogP contribution in [0.1, 0.15) is 63.4 Å². The van der Waals surface area contributed by atoms with Crippen molar-refractivity contribution >= 4 is 5.91 Å². The number of hydrogen-bond acceptors (Lipinski definition) is 5. The van der Waals surface area contributed by atoms with E-state index in [4.69, 9.17) is 9.26 Å². The van der Waals surface area contributed by atoms with Crippen molar-refractivity contribution in [3.05, 3.63) is 46.2 Å². The Hall–Kier alpha value is -2.57. The van der Waals surface area contributed by atoms with E-state index < -0.39 is 0 Å². The maximum Gasteiger partial charge on any atom is 0.254 e. The summed E-state index contributed by atoms with van der Waals surface area (Å²) in [6.45, 7) is 6.09. The molecule has 1 amide bonds. The van der Waals surface area contributed by atoms with E-state index in [2.05, 4.69) is 10.5 Å². The van der Waals surface area contributed by atoms with Crippen LogP contribution in [0, 0.1) is 0 Å². The summed E-state index contributed by atoms with van der Waals surface area (Å²) >= 11 is 0. The number of carbonyl (C=O) groups is 1. The van der Waals surface area contributed by atoms with Gasteiger partial charge in [0.05, 0.1) is 17.8 Å². The Labute approximate surface area is 152 Å². The van der Waals surface area contributed by atoms with E-state index in [1.807, 2.05) is 26.0 Å². The Morgan fingerprint density at radius 2 is 2.23 bits per heavy atom. The number of carbonyl (C=O) groups excluding carboxylic acids is 1. The van der Waals surface area contributed by atoms with Gasteiger partial charge in [-0.3, -0.25) is 9.59 Å². The van der Waals surface area contributed by atoms with Crippen molar-refractivity contribution < 1.29 is 14.1 Å². The van der Waals surface area contributed by atoms with E-state index in [9.17, 15) is 9.59 Å². The minimum absolute atomic E-state index is 0.0340. The molecular weight excluding hydrogens is 334 g/mol. The lowest BCUT2D eigenvalue weighted by atomic mass is 9.80. The second kappa shape index (κ2) is 7.76. The lowest BCUT2D eigenvalue weighted by Crippen LogP contribution is -2.33. The molecule has 0 aromatic carbocycles. The maximum absolute atomic E-state index is 12.0. The smallest absolute Gasteiger partial charge is 0.254 e. The van der Waals surface area contributed by atoms with Crippen molar-refractivity contribution in [3.63, 3.8) is 0 Å². The number of aryl methyl sites for hydroxylation is 1. The average Bonchev–Trinajstić information content (AvgIpc) is 3.02. The van der Waals surface area contributed by atoms with Crippen molar-refractivity contribution in [1.82, 2.24) is 15.0 Å². The standard InChI is InChI=1S/C19H25N3O4/c1-4-6-22-7-5-15(10-19(22)24)25-16-8-14(9-16)17-11-18(26-21-17)12(2)20-13(3)23/h5,7,10-12,14,16H,4,6,8-9H2,1-3H3,(H,20,23)/t12-,14?,16?/m0/s1. The van der Waals surface area contributed by atoms with Crippen molar-refractivity contribution in [2.75, 3.05) is 0 Å². The number of hydrogen-bond donors (Lipinski definition) is 1. The second-order valence-corrected chi connectivity index (χ2v) is 6.88. The predicted octanol–water partition coefficient (Wildman–Crippen LogP) is 2.77. The van der Waals surface area contributed by atoms with Crippen LogP contribution in [-0.2, 0) is 11.3 Å². The first-order chi connectivity index (χ1) is 12.5. The molecule has 0 bridgehead atoms. The fourth-order valence-electron chi connectivity index (χ4n) is 3.16. The van der Waals surface area contributed by atoms with Gasteiger partial charge in [0, 0.05) is 37.7 Å². The van der Waals surface area contributed by atoms with E-state index in [-0.39, 0.29) is 29.5 Å².